The molecule has 0 spiro atoms. The van der Waals surface area contributed by atoms with Gasteiger partial charge in [-0.15, -0.1) is 11.8 Å². The van der Waals surface area contributed by atoms with Crippen LogP contribution in [0.1, 0.15) is 27.9 Å². The van der Waals surface area contributed by atoms with Crippen molar-refractivity contribution in [3.8, 4) is 0 Å². The highest BCUT2D eigenvalue weighted by Crippen LogP contribution is 2.28. The normalized spacial score (nSPS) is 14.5. The fourth-order valence-corrected chi connectivity index (χ4v) is 2.52. The van der Waals surface area contributed by atoms with E-state index in [0.29, 0.717) is 6.61 Å². The molecule has 16 heavy (non-hydrogen) atoms. The molecule has 0 bridgehead atoms. The molecule has 0 atom stereocenters. The number of carbonyl (C=O) groups is 1. The van der Waals surface area contributed by atoms with Gasteiger partial charge in [0.25, 0.3) is 0 Å². The Balaban J connectivity index is 2.58. The van der Waals surface area contributed by atoms with Gasteiger partial charge in [0.15, 0.2) is 0 Å². The van der Waals surface area contributed by atoms with Crippen molar-refractivity contribution in [2.45, 2.75) is 18.2 Å². The van der Waals surface area contributed by atoms with Crippen molar-refractivity contribution in [2.75, 3.05) is 12.9 Å². The van der Waals surface area contributed by atoms with Crippen LogP contribution in [0.4, 0.5) is 0 Å². The third-order valence-corrected chi connectivity index (χ3v) is 3.49. The van der Waals surface area contributed by atoms with Crippen LogP contribution in [0.5, 0.6) is 0 Å². The molecule has 0 saturated heterocycles. The van der Waals surface area contributed by atoms with E-state index >= 15 is 0 Å². The number of rotatable bonds is 3. The lowest BCUT2D eigenvalue weighted by molar-refractivity contribution is 0.112. The zero-order valence-corrected chi connectivity index (χ0v) is 10.1. The Labute approximate surface area is 98.9 Å². The van der Waals surface area contributed by atoms with Gasteiger partial charge in [0.1, 0.15) is 12.9 Å². The minimum Gasteiger partial charge on any atom is -0.395 e. The first kappa shape index (κ1) is 11.2. The van der Waals surface area contributed by atoms with Gasteiger partial charge in [-0.2, -0.15) is 0 Å². The molecule has 1 aliphatic heterocycles. The van der Waals surface area contributed by atoms with E-state index in [0.717, 1.165) is 40.0 Å². The van der Waals surface area contributed by atoms with Crippen molar-refractivity contribution < 1.29 is 9.63 Å². The van der Waals surface area contributed by atoms with Crippen LogP contribution in [0, 0.1) is 6.92 Å². The molecule has 0 aromatic heterocycles. The van der Waals surface area contributed by atoms with Crippen LogP contribution < -0.4 is 0 Å². The first-order chi connectivity index (χ1) is 7.77. The Morgan fingerprint density at radius 1 is 1.50 bits per heavy atom. The van der Waals surface area contributed by atoms with Gasteiger partial charge < -0.3 is 4.84 Å². The highest BCUT2D eigenvalue weighted by molar-refractivity contribution is 7.98. The molecule has 1 aromatic rings. The lowest BCUT2D eigenvalue weighted by Gasteiger charge is -2.11. The van der Waals surface area contributed by atoms with Crippen molar-refractivity contribution in [3.05, 3.63) is 28.8 Å². The SMILES string of the molecule is CSc1ccc(C=O)c(C)c1C1=NOCC1. The van der Waals surface area contributed by atoms with E-state index in [1.54, 1.807) is 11.8 Å². The molecule has 4 heteroatoms. The van der Waals surface area contributed by atoms with E-state index in [9.17, 15) is 4.79 Å². The number of carbonyl (C=O) groups excluding carboxylic acids is 1. The monoisotopic (exact) mass is 235 g/mol. The van der Waals surface area contributed by atoms with E-state index in [1.165, 1.54) is 0 Å². The summed E-state index contributed by atoms with van der Waals surface area (Å²) in [5, 5.41) is 4.04. The maximum Gasteiger partial charge on any atom is 0.150 e. The second kappa shape index (κ2) is 4.70. The Bertz CT molecular complexity index is 455. The van der Waals surface area contributed by atoms with Crippen LogP contribution in [-0.4, -0.2) is 24.9 Å². The average molecular weight is 235 g/mol. The van der Waals surface area contributed by atoms with Crippen LogP contribution in [0.25, 0.3) is 0 Å². The number of nitrogens with zero attached hydrogens (tertiary/aromatic N) is 1. The number of oxime groups is 1. The third kappa shape index (κ3) is 1.85. The number of hydrogen-bond acceptors (Lipinski definition) is 4. The first-order valence-corrected chi connectivity index (χ1v) is 6.32. The molecule has 0 unspecified atom stereocenters. The second-order valence-electron chi connectivity index (χ2n) is 3.60. The maximum absolute atomic E-state index is 10.9. The molecule has 0 fully saturated rings. The summed E-state index contributed by atoms with van der Waals surface area (Å²) in [5.74, 6) is 0. The van der Waals surface area contributed by atoms with Crippen LogP contribution in [0.15, 0.2) is 22.2 Å². The summed E-state index contributed by atoms with van der Waals surface area (Å²) in [6, 6.07) is 3.83. The fraction of sp³-hybridized carbons (Fsp3) is 0.333. The predicted octanol–water partition coefficient (Wildman–Crippen LogP) is 2.65. The summed E-state index contributed by atoms with van der Waals surface area (Å²) in [7, 11) is 0. The fourth-order valence-electron chi connectivity index (χ4n) is 1.84. The lowest BCUT2D eigenvalue weighted by Crippen LogP contribution is -2.05. The molecule has 0 radical (unpaired) electrons. The summed E-state index contributed by atoms with van der Waals surface area (Å²) < 4.78 is 0. The van der Waals surface area contributed by atoms with Gasteiger partial charge in [-0.3, -0.25) is 4.79 Å². The third-order valence-electron chi connectivity index (χ3n) is 2.71. The van der Waals surface area contributed by atoms with E-state index in [-0.39, 0.29) is 0 Å². The Morgan fingerprint density at radius 3 is 2.88 bits per heavy atom. The summed E-state index contributed by atoms with van der Waals surface area (Å²) >= 11 is 1.66. The van der Waals surface area contributed by atoms with Crippen LogP contribution in [0.2, 0.25) is 0 Å². The summed E-state index contributed by atoms with van der Waals surface area (Å²) in [6.45, 7) is 2.59. The Morgan fingerprint density at radius 2 is 2.31 bits per heavy atom. The van der Waals surface area contributed by atoms with Crippen molar-refractivity contribution in [3.63, 3.8) is 0 Å². The quantitative estimate of drug-likeness (QED) is 0.597. The Hall–Kier alpha value is -1.29. The number of thioether (sulfide) groups is 1. The summed E-state index contributed by atoms with van der Waals surface area (Å²) in [5.41, 5.74) is 3.73. The highest BCUT2D eigenvalue weighted by atomic mass is 32.2. The molecular weight excluding hydrogens is 222 g/mol. The van der Waals surface area contributed by atoms with Gasteiger partial charge in [0.2, 0.25) is 0 Å². The van der Waals surface area contributed by atoms with Crippen LogP contribution >= 0.6 is 11.8 Å². The summed E-state index contributed by atoms with van der Waals surface area (Å²) in [4.78, 5) is 17.1. The molecule has 0 saturated carbocycles. The minimum absolute atomic E-state index is 0.633. The van der Waals surface area contributed by atoms with Gasteiger partial charge in [-0.1, -0.05) is 11.2 Å². The van der Waals surface area contributed by atoms with Gasteiger partial charge in [-0.25, -0.2) is 0 Å². The van der Waals surface area contributed by atoms with Gasteiger partial charge in [-0.05, 0) is 24.8 Å². The van der Waals surface area contributed by atoms with Gasteiger partial charge in [0.05, 0.1) is 5.71 Å². The van der Waals surface area contributed by atoms with Gasteiger partial charge >= 0.3 is 0 Å². The molecule has 3 nitrogen and oxygen atoms in total. The van der Waals surface area contributed by atoms with Crippen molar-refractivity contribution in [1.82, 2.24) is 0 Å². The number of hydrogen-bond donors (Lipinski definition) is 0. The van der Waals surface area contributed by atoms with E-state index in [2.05, 4.69) is 5.16 Å². The standard InChI is InChI=1S/C12H13NO2S/c1-8-9(7-14)3-4-11(16-2)12(8)10-5-6-15-13-10/h3-4,7H,5-6H2,1-2H3. The smallest absolute Gasteiger partial charge is 0.150 e. The number of aldehydes is 1. The molecule has 1 heterocycles. The molecule has 0 N–H and O–H groups in total. The molecule has 2 rings (SSSR count). The van der Waals surface area contributed by atoms with Crippen molar-refractivity contribution >= 4 is 23.8 Å². The predicted molar refractivity (Wildman–Crippen MR) is 65.5 cm³/mol. The minimum atomic E-state index is 0.633. The zero-order valence-electron chi connectivity index (χ0n) is 9.32. The molecule has 84 valence electrons. The zero-order chi connectivity index (χ0) is 11.5. The van der Waals surface area contributed by atoms with Crippen LogP contribution in [0.3, 0.4) is 0 Å². The van der Waals surface area contributed by atoms with E-state index in [1.807, 2.05) is 25.3 Å². The highest BCUT2D eigenvalue weighted by Gasteiger charge is 2.18. The largest absolute Gasteiger partial charge is 0.395 e. The van der Waals surface area contributed by atoms with Crippen molar-refractivity contribution in [2.24, 2.45) is 5.16 Å². The molecule has 1 aromatic carbocycles. The molecule has 1 aliphatic rings. The molecular formula is C12H13NO2S. The molecule has 0 amide bonds. The average Bonchev–Trinajstić information content (AvgIpc) is 2.81. The molecule has 0 aliphatic carbocycles. The van der Waals surface area contributed by atoms with E-state index in [4.69, 9.17) is 4.84 Å². The topological polar surface area (TPSA) is 38.7 Å². The first-order valence-electron chi connectivity index (χ1n) is 5.10. The number of benzene rings is 1. The maximum atomic E-state index is 10.9. The van der Waals surface area contributed by atoms with E-state index < -0.39 is 0 Å². The second-order valence-corrected chi connectivity index (χ2v) is 4.44. The summed E-state index contributed by atoms with van der Waals surface area (Å²) in [6.07, 6.45) is 3.73. The Kier molecular flexibility index (Phi) is 3.29. The lowest BCUT2D eigenvalue weighted by atomic mass is 9.98. The van der Waals surface area contributed by atoms with Gasteiger partial charge in [0, 0.05) is 22.4 Å². The van der Waals surface area contributed by atoms with Crippen molar-refractivity contribution in [1.29, 1.82) is 0 Å². The van der Waals surface area contributed by atoms with Crippen LogP contribution in [-0.2, 0) is 4.84 Å².